The standard InChI is InChI=1S/C22H28N2O5S/c1-16-4-7-21(18(3)14-16)29-11-8-23-22(25)20-15-19(6-5-17(20)2)30(26,27)24-9-12-28-13-10-24/h4-7,14-15H,8-13H2,1-3H3,(H,23,25). The molecule has 8 heteroatoms. The monoisotopic (exact) mass is 432 g/mol. The van der Waals surface area contributed by atoms with Gasteiger partial charge in [0.2, 0.25) is 10.0 Å². The molecule has 1 aliphatic rings. The van der Waals surface area contributed by atoms with Gasteiger partial charge in [-0.25, -0.2) is 8.42 Å². The minimum atomic E-state index is -3.66. The van der Waals surface area contributed by atoms with E-state index in [1.807, 2.05) is 32.0 Å². The number of ether oxygens (including phenoxy) is 2. The number of hydrogen-bond acceptors (Lipinski definition) is 5. The van der Waals surface area contributed by atoms with Gasteiger partial charge in [0.1, 0.15) is 12.4 Å². The normalized spacial score (nSPS) is 15.0. The quantitative estimate of drug-likeness (QED) is 0.680. The van der Waals surface area contributed by atoms with E-state index in [0.717, 1.165) is 16.9 Å². The van der Waals surface area contributed by atoms with Gasteiger partial charge < -0.3 is 14.8 Å². The Morgan fingerprint density at radius 3 is 2.50 bits per heavy atom. The molecule has 1 heterocycles. The summed E-state index contributed by atoms with van der Waals surface area (Å²) < 4.78 is 38.1. The number of rotatable bonds is 7. The summed E-state index contributed by atoms with van der Waals surface area (Å²) in [5, 5.41) is 2.81. The third kappa shape index (κ3) is 5.19. The molecule has 30 heavy (non-hydrogen) atoms. The van der Waals surface area contributed by atoms with Crippen LogP contribution in [0.4, 0.5) is 0 Å². The lowest BCUT2D eigenvalue weighted by Gasteiger charge is -2.26. The maximum atomic E-state index is 12.9. The van der Waals surface area contributed by atoms with Crippen LogP contribution in [0.1, 0.15) is 27.0 Å². The molecule has 3 rings (SSSR count). The van der Waals surface area contributed by atoms with Gasteiger partial charge in [-0.1, -0.05) is 23.8 Å². The van der Waals surface area contributed by atoms with E-state index in [0.29, 0.717) is 50.6 Å². The maximum Gasteiger partial charge on any atom is 0.251 e. The Balaban J connectivity index is 1.63. The van der Waals surface area contributed by atoms with Crippen molar-refractivity contribution in [1.82, 2.24) is 9.62 Å². The predicted molar refractivity (Wildman–Crippen MR) is 115 cm³/mol. The highest BCUT2D eigenvalue weighted by molar-refractivity contribution is 7.89. The number of sulfonamides is 1. The molecule has 0 bridgehead atoms. The summed E-state index contributed by atoms with van der Waals surface area (Å²) in [7, 11) is -3.66. The molecule has 1 saturated heterocycles. The number of carbonyl (C=O) groups is 1. The zero-order valence-corrected chi connectivity index (χ0v) is 18.4. The van der Waals surface area contributed by atoms with E-state index < -0.39 is 10.0 Å². The van der Waals surface area contributed by atoms with Gasteiger partial charge in [0.15, 0.2) is 0 Å². The molecule has 162 valence electrons. The molecule has 7 nitrogen and oxygen atoms in total. The summed E-state index contributed by atoms with van der Waals surface area (Å²) in [6.07, 6.45) is 0. The number of nitrogens with one attached hydrogen (secondary N) is 1. The van der Waals surface area contributed by atoms with Crippen LogP contribution in [0.15, 0.2) is 41.3 Å². The van der Waals surface area contributed by atoms with Crippen LogP contribution in [0.5, 0.6) is 5.75 Å². The van der Waals surface area contributed by atoms with E-state index in [1.165, 1.54) is 10.4 Å². The van der Waals surface area contributed by atoms with Gasteiger partial charge in [-0.05, 0) is 50.1 Å². The van der Waals surface area contributed by atoms with Crippen LogP contribution in [0.3, 0.4) is 0 Å². The summed E-state index contributed by atoms with van der Waals surface area (Å²) >= 11 is 0. The molecular weight excluding hydrogens is 404 g/mol. The van der Waals surface area contributed by atoms with Crippen molar-refractivity contribution in [3.05, 3.63) is 58.7 Å². The second kappa shape index (κ2) is 9.59. The van der Waals surface area contributed by atoms with E-state index in [9.17, 15) is 13.2 Å². The van der Waals surface area contributed by atoms with Crippen molar-refractivity contribution in [2.75, 3.05) is 39.5 Å². The van der Waals surface area contributed by atoms with Crippen molar-refractivity contribution in [2.45, 2.75) is 25.7 Å². The molecule has 0 aliphatic carbocycles. The highest BCUT2D eigenvalue weighted by atomic mass is 32.2. The lowest BCUT2D eigenvalue weighted by atomic mass is 10.1. The highest BCUT2D eigenvalue weighted by Crippen LogP contribution is 2.21. The first-order valence-corrected chi connectivity index (χ1v) is 11.4. The van der Waals surface area contributed by atoms with Gasteiger partial charge in [-0.3, -0.25) is 4.79 Å². The van der Waals surface area contributed by atoms with Crippen LogP contribution in [0, 0.1) is 20.8 Å². The van der Waals surface area contributed by atoms with Crippen LogP contribution >= 0.6 is 0 Å². The van der Waals surface area contributed by atoms with Crippen molar-refractivity contribution in [1.29, 1.82) is 0 Å². The summed E-state index contributed by atoms with van der Waals surface area (Å²) in [5.74, 6) is 0.459. The zero-order chi connectivity index (χ0) is 21.7. The van der Waals surface area contributed by atoms with Gasteiger partial charge in [0, 0.05) is 18.7 Å². The van der Waals surface area contributed by atoms with E-state index in [4.69, 9.17) is 9.47 Å². The van der Waals surface area contributed by atoms with Crippen LogP contribution in [-0.2, 0) is 14.8 Å². The molecule has 1 amide bonds. The molecule has 2 aromatic carbocycles. The summed E-state index contributed by atoms with van der Waals surface area (Å²) in [6.45, 7) is 7.79. The molecular formula is C22H28N2O5S. The first-order chi connectivity index (χ1) is 14.3. The third-order valence-electron chi connectivity index (χ3n) is 5.04. The largest absolute Gasteiger partial charge is 0.491 e. The average Bonchev–Trinajstić information content (AvgIpc) is 2.73. The van der Waals surface area contributed by atoms with E-state index in [1.54, 1.807) is 19.1 Å². The Bertz CT molecular complexity index is 1010. The Morgan fingerprint density at radius 2 is 1.80 bits per heavy atom. The molecule has 0 aromatic heterocycles. The van der Waals surface area contributed by atoms with Crippen LogP contribution < -0.4 is 10.1 Å². The van der Waals surface area contributed by atoms with Crippen LogP contribution in [0.2, 0.25) is 0 Å². The summed E-state index contributed by atoms with van der Waals surface area (Å²) in [4.78, 5) is 12.8. The van der Waals surface area contributed by atoms with Crippen molar-refractivity contribution < 1.29 is 22.7 Å². The number of nitrogens with zero attached hydrogens (tertiary/aromatic N) is 1. The molecule has 0 atom stereocenters. The van der Waals surface area contributed by atoms with Gasteiger partial charge in [0.05, 0.1) is 24.7 Å². The molecule has 0 radical (unpaired) electrons. The fraction of sp³-hybridized carbons (Fsp3) is 0.409. The van der Waals surface area contributed by atoms with E-state index in [-0.39, 0.29) is 10.8 Å². The van der Waals surface area contributed by atoms with Gasteiger partial charge in [-0.2, -0.15) is 4.31 Å². The Morgan fingerprint density at radius 1 is 1.07 bits per heavy atom. The van der Waals surface area contributed by atoms with Crippen LogP contribution in [-0.4, -0.2) is 58.1 Å². The molecule has 1 aliphatic heterocycles. The van der Waals surface area contributed by atoms with E-state index >= 15 is 0 Å². The molecule has 1 fully saturated rings. The first-order valence-electron chi connectivity index (χ1n) is 9.96. The third-order valence-corrected chi connectivity index (χ3v) is 6.93. The van der Waals surface area contributed by atoms with E-state index in [2.05, 4.69) is 5.32 Å². The second-order valence-corrected chi connectivity index (χ2v) is 9.30. The molecule has 1 N–H and O–H groups in total. The SMILES string of the molecule is Cc1ccc(OCCNC(=O)c2cc(S(=O)(=O)N3CCOCC3)ccc2C)c(C)c1. The predicted octanol–water partition coefficient (Wildman–Crippen LogP) is 2.44. The number of hydrogen-bond donors (Lipinski definition) is 1. The minimum Gasteiger partial charge on any atom is -0.491 e. The van der Waals surface area contributed by atoms with Gasteiger partial charge in [-0.15, -0.1) is 0 Å². The summed E-state index contributed by atoms with van der Waals surface area (Å²) in [6, 6.07) is 10.6. The smallest absolute Gasteiger partial charge is 0.251 e. The van der Waals surface area contributed by atoms with Crippen molar-refractivity contribution in [2.24, 2.45) is 0 Å². The fourth-order valence-corrected chi connectivity index (χ4v) is 4.76. The molecule has 0 spiro atoms. The average molecular weight is 433 g/mol. The lowest BCUT2D eigenvalue weighted by molar-refractivity contribution is 0.0730. The number of aryl methyl sites for hydroxylation is 3. The van der Waals surface area contributed by atoms with Crippen LogP contribution in [0.25, 0.3) is 0 Å². The number of benzene rings is 2. The van der Waals surface area contributed by atoms with Crippen molar-refractivity contribution in [3.63, 3.8) is 0 Å². The Hall–Kier alpha value is -2.42. The van der Waals surface area contributed by atoms with Crippen molar-refractivity contribution in [3.8, 4) is 5.75 Å². The number of morpholine rings is 1. The fourth-order valence-electron chi connectivity index (χ4n) is 3.32. The zero-order valence-electron chi connectivity index (χ0n) is 17.6. The second-order valence-electron chi connectivity index (χ2n) is 7.37. The first kappa shape index (κ1) is 22.3. The van der Waals surface area contributed by atoms with Gasteiger partial charge >= 0.3 is 0 Å². The number of carbonyl (C=O) groups excluding carboxylic acids is 1. The topological polar surface area (TPSA) is 84.9 Å². The summed E-state index contributed by atoms with van der Waals surface area (Å²) in [5.41, 5.74) is 3.26. The minimum absolute atomic E-state index is 0.117. The molecule has 0 unspecified atom stereocenters. The molecule has 2 aromatic rings. The lowest BCUT2D eigenvalue weighted by Crippen LogP contribution is -2.40. The highest BCUT2D eigenvalue weighted by Gasteiger charge is 2.27. The Kier molecular flexibility index (Phi) is 7.12. The maximum absolute atomic E-state index is 12.9. The van der Waals surface area contributed by atoms with Crippen molar-refractivity contribution >= 4 is 15.9 Å². The molecule has 0 saturated carbocycles. The number of amides is 1. The van der Waals surface area contributed by atoms with Gasteiger partial charge in [0.25, 0.3) is 5.91 Å². The Labute approximate surface area is 178 Å².